The molecule has 0 aromatic carbocycles. The topological polar surface area (TPSA) is 18.5 Å². The molecule has 1 aliphatic rings. The minimum absolute atomic E-state index is 0.618. The number of nitrogens with one attached hydrogen (secondary N) is 1. The lowest BCUT2D eigenvalue weighted by atomic mass is 9.96. The third-order valence-electron chi connectivity index (χ3n) is 3.53. The van der Waals surface area contributed by atoms with Crippen LogP contribution in [0.25, 0.3) is 0 Å². The summed E-state index contributed by atoms with van der Waals surface area (Å²) in [7, 11) is 6.38. The quantitative estimate of drug-likeness (QED) is 0.735. The predicted molar refractivity (Wildman–Crippen MR) is 66.3 cm³/mol. The molecule has 0 radical (unpaired) electrons. The summed E-state index contributed by atoms with van der Waals surface area (Å²) >= 11 is 0. The van der Waals surface area contributed by atoms with E-state index in [1.54, 1.807) is 0 Å². The number of likely N-dealkylation sites (N-methyl/N-ethyl adjacent to an activating group) is 2. The van der Waals surface area contributed by atoms with E-state index in [0.717, 1.165) is 6.04 Å². The highest BCUT2D eigenvalue weighted by atomic mass is 15.2. The summed E-state index contributed by atoms with van der Waals surface area (Å²) in [6, 6.07) is 1.36. The van der Waals surface area contributed by atoms with E-state index in [-0.39, 0.29) is 0 Å². The van der Waals surface area contributed by atoms with E-state index < -0.39 is 0 Å². The highest BCUT2D eigenvalue weighted by molar-refractivity contribution is 4.84. The maximum atomic E-state index is 3.40. The van der Waals surface area contributed by atoms with Gasteiger partial charge >= 0.3 is 0 Å². The van der Waals surface area contributed by atoms with Crippen LogP contribution in [0.4, 0.5) is 0 Å². The monoisotopic (exact) mass is 213 g/mol. The molecule has 0 aromatic rings. The summed E-state index contributed by atoms with van der Waals surface area (Å²) in [5, 5.41) is 3.40. The van der Waals surface area contributed by atoms with Crippen molar-refractivity contribution in [2.24, 2.45) is 0 Å². The van der Waals surface area contributed by atoms with Crippen molar-refractivity contribution < 1.29 is 0 Å². The van der Waals surface area contributed by atoms with Gasteiger partial charge in [-0.25, -0.2) is 0 Å². The Kier molecular flexibility index (Phi) is 5.58. The summed E-state index contributed by atoms with van der Waals surface area (Å²) in [4.78, 5) is 4.93. The van der Waals surface area contributed by atoms with Crippen molar-refractivity contribution in [3.63, 3.8) is 0 Å². The molecule has 1 rings (SSSR count). The molecule has 2 unspecified atom stereocenters. The van der Waals surface area contributed by atoms with Gasteiger partial charge in [-0.05, 0) is 47.5 Å². The highest BCUT2D eigenvalue weighted by Gasteiger charge is 2.25. The van der Waals surface area contributed by atoms with Crippen molar-refractivity contribution in [1.82, 2.24) is 15.1 Å². The molecule has 15 heavy (non-hydrogen) atoms. The number of hydrogen-bond acceptors (Lipinski definition) is 3. The number of hydrogen-bond donors (Lipinski definition) is 1. The first kappa shape index (κ1) is 12.9. The van der Waals surface area contributed by atoms with Crippen molar-refractivity contribution in [2.75, 3.05) is 40.8 Å². The lowest BCUT2D eigenvalue weighted by molar-refractivity contribution is 0.113. The minimum atomic E-state index is 0.618. The standard InChI is InChI=1S/C12H27N3/c1-11(13-2)12-7-5-6-8-15(12)10-9-14(3)4/h11-13H,5-10H2,1-4H3. The molecule has 0 saturated carbocycles. The molecule has 3 nitrogen and oxygen atoms in total. The molecule has 0 spiro atoms. The SMILES string of the molecule is CNC(C)C1CCCCN1CCN(C)C. The Balaban J connectivity index is 2.42. The fourth-order valence-corrected chi connectivity index (χ4v) is 2.38. The van der Waals surface area contributed by atoms with Gasteiger partial charge in [0.15, 0.2) is 0 Å². The first-order chi connectivity index (χ1) is 7.15. The van der Waals surface area contributed by atoms with Crippen LogP contribution in [0.1, 0.15) is 26.2 Å². The number of rotatable bonds is 5. The molecule has 0 amide bonds. The molecule has 90 valence electrons. The molecular weight excluding hydrogens is 186 g/mol. The average Bonchev–Trinajstić information content (AvgIpc) is 2.25. The summed E-state index contributed by atoms with van der Waals surface area (Å²) in [5.74, 6) is 0. The second kappa shape index (κ2) is 6.46. The molecule has 0 aromatic heterocycles. The summed E-state index contributed by atoms with van der Waals surface area (Å²) < 4.78 is 0. The van der Waals surface area contributed by atoms with Crippen LogP contribution >= 0.6 is 0 Å². The molecule has 0 aliphatic carbocycles. The van der Waals surface area contributed by atoms with Gasteiger partial charge < -0.3 is 10.2 Å². The van der Waals surface area contributed by atoms with Gasteiger partial charge in [0.25, 0.3) is 0 Å². The summed E-state index contributed by atoms with van der Waals surface area (Å²) in [6.45, 7) is 5.97. The Morgan fingerprint density at radius 1 is 1.40 bits per heavy atom. The number of likely N-dealkylation sites (tertiary alicyclic amines) is 1. The molecular formula is C12H27N3. The van der Waals surface area contributed by atoms with Gasteiger partial charge in [-0.1, -0.05) is 6.42 Å². The summed E-state index contributed by atoms with van der Waals surface area (Å²) in [6.07, 6.45) is 4.13. The second-order valence-corrected chi connectivity index (χ2v) is 4.98. The molecule has 1 heterocycles. The van der Waals surface area contributed by atoms with Crippen LogP contribution in [0.2, 0.25) is 0 Å². The number of nitrogens with zero attached hydrogens (tertiary/aromatic N) is 2. The fraction of sp³-hybridized carbons (Fsp3) is 1.00. The maximum absolute atomic E-state index is 3.40. The Labute approximate surface area is 94.8 Å². The van der Waals surface area contributed by atoms with Gasteiger partial charge in [-0.2, -0.15) is 0 Å². The van der Waals surface area contributed by atoms with E-state index in [1.165, 1.54) is 38.9 Å². The largest absolute Gasteiger partial charge is 0.316 e. The van der Waals surface area contributed by atoms with E-state index in [2.05, 4.69) is 43.2 Å². The molecule has 1 aliphatic heterocycles. The molecule has 2 atom stereocenters. The van der Waals surface area contributed by atoms with Gasteiger partial charge in [0.1, 0.15) is 0 Å². The van der Waals surface area contributed by atoms with Gasteiger partial charge in [-0.3, -0.25) is 4.90 Å². The third kappa shape index (κ3) is 4.09. The normalized spacial score (nSPS) is 25.8. The van der Waals surface area contributed by atoms with Crippen LogP contribution in [0.3, 0.4) is 0 Å². The first-order valence-corrected chi connectivity index (χ1v) is 6.21. The van der Waals surface area contributed by atoms with Gasteiger partial charge in [0.2, 0.25) is 0 Å². The van der Waals surface area contributed by atoms with Crippen LogP contribution in [-0.4, -0.2) is 62.7 Å². The van der Waals surface area contributed by atoms with Crippen LogP contribution in [0, 0.1) is 0 Å². The Morgan fingerprint density at radius 3 is 2.73 bits per heavy atom. The Hall–Kier alpha value is -0.120. The van der Waals surface area contributed by atoms with Crippen LogP contribution in [-0.2, 0) is 0 Å². The molecule has 0 bridgehead atoms. The van der Waals surface area contributed by atoms with Gasteiger partial charge in [0, 0.05) is 25.2 Å². The zero-order valence-corrected chi connectivity index (χ0v) is 10.8. The fourth-order valence-electron chi connectivity index (χ4n) is 2.38. The van der Waals surface area contributed by atoms with E-state index in [1.807, 2.05) is 0 Å². The zero-order chi connectivity index (χ0) is 11.3. The maximum Gasteiger partial charge on any atom is 0.0247 e. The third-order valence-corrected chi connectivity index (χ3v) is 3.53. The van der Waals surface area contributed by atoms with E-state index in [4.69, 9.17) is 0 Å². The highest BCUT2D eigenvalue weighted by Crippen LogP contribution is 2.19. The van der Waals surface area contributed by atoms with Gasteiger partial charge in [-0.15, -0.1) is 0 Å². The van der Waals surface area contributed by atoms with E-state index >= 15 is 0 Å². The smallest absolute Gasteiger partial charge is 0.0247 e. The molecule has 3 heteroatoms. The van der Waals surface area contributed by atoms with Crippen molar-refractivity contribution in [1.29, 1.82) is 0 Å². The number of piperidine rings is 1. The zero-order valence-electron chi connectivity index (χ0n) is 10.8. The summed E-state index contributed by atoms with van der Waals surface area (Å²) in [5.41, 5.74) is 0. The van der Waals surface area contributed by atoms with E-state index in [9.17, 15) is 0 Å². The van der Waals surface area contributed by atoms with Crippen molar-refractivity contribution in [2.45, 2.75) is 38.3 Å². The molecule has 1 fully saturated rings. The predicted octanol–water partition coefficient (Wildman–Crippen LogP) is 1.01. The van der Waals surface area contributed by atoms with Crippen LogP contribution in [0.5, 0.6) is 0 Å². The first-order valence-electron chi connectivity index (χ1n) is 6.21. The van der Waals surface area contributed by atoms with Crippen LogP contribution in [0.15, 0.2) is 0 Å². The molecule has 1 saturated heterocycles. The average molecular weight is 213 g/mol. The molecule has 1 N–H and O–H groups in total. The minimum Gasteiger partial charge on any atom is -0.316 e. The van der Waals surface area contributed by atoms with E-state index in [0.29, 0.717) is 6.04 Å². The Morgan fingerprint density at radius 2 is 2.13 bits per heavy atom. The van der Waals surface area contributed by atoms with Crippen molar-refractivity contribution in [3.8, 4) is 0 Å². The lowest BCUT2D eigenvalue weighted by Crippen LogP contribution is -2.51. The Bertz CT molecular complexity index is 170. The van der Waals surface area contributed by atoms with Crippen molar-refractivity contribution in [3.05, 3.63) is 0 Å². The lowest BCUT2D eigenvalue weighted by Gasteiger charge is -2.39. The van der Waals surface area contributed by atoms with Crippen molar-refractivity contribution >= 4 is 0 Å². The van der Waals surface area contributed by atoms with Crippen LogP contribution < -0.4 is 5.32 Å². The second-order valence-electron chi connectivity index (χ2n) is 4.98. The van der Waals surface area contributed by atoms with Gasteiger partial charge in [0.05, 0.1) is 0 Å².